The van der Waals surface area contributed by atoms with Crippen molar-refractivity contribution in [2.45, 2.75) is 123 Å². The zero-order chi connectivity index (χ0) is 39.4. The van der Waals surface area contributed by atoms with E-state index in [9.17, 15) is 20.4 Å². The van der Waals surface area contributed by atoms with Crippen LogP contribution in [0.15, 0.2) is 42.5 Å². The third-order valence-electron chi connectivity index (χ3n) is 17.5. The van der Waals surface area contributed by atoms with Gasteiger partial charge in [-0.25, -0.2) is 0 Å². The Hall–Kier alpha value is -4.07. The normalized spacial score (nSPS) is 37.9. The smallest absolute Gasteiger partial charge is 0.171 e. The average molecular weight is 814 g/mol. The van der Waals surface area contributed by atoms with Crippen LogP contribution < -0.4 is 20.1 Å². The average Bonchev–Trinajstić information content (AvgIpc) is 4.11. The molecule has 3 saturated carbocycles. The molecular formula is C47H51N5O6S. The van der Waals surface area contributed by atoms with Crippen LogP contribution in [0.25, 0.3) is 10.9 Å². The van der Waals surface area contributed by atoms with Gasteiger partial charge in [-0.2, -0.15) is 0 Å². The Balaban J connectivity index is 0.802. The van der Waals surface area contributed by atoms with E-state index in [0.29, 0.717) is 41.8 Å². The minimum Gasteiger partial charge on any atom is -0.504 e. The molecular weight excluding hydrogens is 763 g/mol. The third-order valence-corrected chi connectivity index (χ3v) is 17.7. The van der Waals surface area contributed by atoms with E-state index in [1.54, 1.807) is 12.1 Å². The van der Waals surface area contributed by atoms with E-state index in [1.165, 1.54) is 36.8 Å². The van der Waals surface area contributed by atoms with Gasteiger partial charge in [-0.1, -0.05) is 24.3 Å². The molecule has 306 valence electrons. The number of piperidine rings is 2. The molecule has 12 heteroatoms. The van der Waals surface area contributed by atoms with Crippen LogP contribution in [-0.4, -0.2) is 102 Å². The van der Waals surface area contributed by atoms with Crippen LogP contribution in [0.3, 0.4) is 0 Å². The summed E-state index contributed by atoms with van der Waals surface area (Å²) >= 11 is 6.14. The molecule has 3 aromatic carbocycles. The molecule has 59 heavy (non-hydrogen) atoms. The maximum Gasteiger partial charge on any atom is 0.171 e. The van der Waals surface area contributed by atoms with Crippen molar-refractivity contribution in [3.63, 3.8) is 0 Å². The van der Waals surface area contributed by atoms with Gasteiger partial charge in [0.05, 0.1) is 45.0 Å². The summed E-state index contributed by atoms with van der Waals surface area (Å²) in [6.07, 6.45) is 9.06. The number of aromatic hydroxyl groups is 2. The van der Waals surface area contributed by atoms with Crippen LogP contribution in [-0.2, 0) is 30.1 Å². The maximum atomic E-state index is 13.3. The van der Waals surface area contributed by atoms with Crippen molar-refractivity contribution >= 4 is 33.9 Å². The van der Waals surface area contributed by atoms with Gasteiger partial charge < -0.3 is 45.5 Å². The molecule has 4 aliphatic heterocycles. The number of nitrogens with one attached hydrogen (secondary N) is 3. The van der Waals surface area contributed by atoms with Crippen molar-refractivity contribution in [3.8, 4) is 23.0 Å². The molecule has 4 aromatic rings. The summed E-state index contributed by atoms with van der Waals surface area (Å²) in [5.74, 6) is 2.79. The first-order valence-corrected chi connectivity index (χ1v) is 22.7. The number of benzene rings is 3. The van der Waals surface area contributed by atoms with E-state index in [0.717, 1.165) is 96.8 Å². The highest BCUT2D eigenvalue weighted by Crippen LogP contribution is 2.70. The van der Waals surface area contributed by atoms with Crippen LogP contribution in [0, 0.1) is 11.8 Å². The van der Waals surface area contributed by atoms with Gasteiger partial charge >= 0.3 is 0 Å². The number of anilines is 1. The monoisotopic (exact) mass is 813 g/mol. The number of hydrogen-bond donors (Lipinski definition) is 7. The lowest BCUT2D eigenvalue weighted by atomic mass is 9.48. The second kappa shape index (κ2) is 11.2. The molecule has 6 aliphatic carbocycles. The fourth-order valence-electron chi connectivity index (χ4n) is 14.7. The molecule has 7 N–H and O–H groups in total. The molecule has 14 rings (SSSR count). The number of aromatic amines is 1. The number of nitrogens with zero attached hydrogens (tertiary/aromatic N) is 2. The second-order valence-corrected chi connectivity index (χ2v) is 20.6. The maximum absolute atomic E-state index is 13.3. The first-order valence-electron chi connectivity index (χ1n) is 22.3. The molecule has 5 fully saturated rings. The van der Waals surface area contributed by atoms with Gasteiger partial charge in [0.2, 0.25) is 0 Å². The summed E-state index contributed by atoms with van der Waals surface area (Å²) < 4.78 is 13.7. The van der Waals surface area contributed by atoms with Crippen molar-refractivity contribution in [2.24, 2.45) is 11.8 Å². The number of fused-ring (bicyclic) bond motifs is 4. The topological polar surface area (TPSA) is 146 Å². The van der Waals surface area contributed by atoms with Gasteiger partial charge in [-0.05, 0) is 136 Å². The molecule has 11 nitrogen and oxygen atoms in total. The number of H-pyrrole nitrogens is 1. The number of rotatable bonds is 6. The fraction of sp³-hybridized carbons (Fsp3) is 0.553. The molecule has 2 spiro atoms. The van der Waals surface area contributed by atoms with E-state index in [-0.39, 0.29) is 29.6 Å². The molecule has 9 atom stereocenters. The Morgan fingerprint density at radius 2 is 1.42 bits per heavy atom. The van der Waals surface area contributed by atoms with Crippen LogP contribution in [0.1, 0.15) is 91.0 Å². The number of ether oxygens (including phenoxy) is 2. The van der Waals surface area contributed by atoms with Gasteiger partial charge in [0, 0.05) is 48.1 Å². The lowest BCUT2D eigenvalue weighted by Crippen LogP contribution is -2.78. The quantitative estimate of drug-likeness (QED) is 0.129. The lowest BCUT2D eigenvalue weighted by Gasteiger charge is -2.64. The van der Waals surface area contributed by atoms with Crippen molar-refractivity contribution in [2.75, 3.05) is 31.5 Å². The first kappa shape index (κ1) is 34.6. The highest BCUT2D eigenvalue weighted by Gasteiger charge is 2.74. The fourth-order valence-corrected chi connectivity index (χ4v) is 15.0. The number of para-hydroxylation sites is 1. The zero-order valence-corrected chi connectivity index (χ0v) is 33.9. The van der Waals surface area contributed by atoms with Gasteiger partial charge in [-0.3, -0.25) is 9.80 Å². The molecule has 0 amide bonds. The standard InChI is InChI=1S/C47H51N5O6S/c53-31-10-8-25-18-33-46(55)13-12-30(41-44(46,35(25)39(31)57-41)14-16-51(33)21-23-4-5-23)49-43(59)48-29-3-1-2-27-28-20-47(56)34-19-26-9-11-32(54)40-36(26)45(47,15-17-52(34)22-24-6-7-24)42(58-40)38(28)50-37(27)29/h1-3,8-11,23-24,30,33-34,41-42,50,53-56H,4-7,12-22H2,(H2,48,49,59)/t30-,33-,34+,41+,42+,44+,45+,46-,47-/m1/s1. The second-order valence-electron chi connectivity index (χ2n) is 20.2. The minimum absolute atomic E-state index is 0.0166. The third kappa shape index (κ3) is 4.16. The zero-order valence-electron chi connectivity index (χ0n) is 33.1. The molecule has 4 bridgehead atoms. The summed E-state index contributed by atoms with van der Waals surface area (Å²) in [6, 6.07) is 13.6. The van der Waals surface area contributed by atoms with Gasteiger partial charge in [0.15, 0.2) is 34.2 Å². The summed E-state index contributed by atoms with van der Waals surface area (Å²) in [5.41, 5.74) is 4.81. The number of aliphatic hydroxyl groups is 2. The minimum atomic E-state index is -1.07. The van der Waals surface area contributed by atoms with E-state index in [2.05, 4.69) is 43.6 Å². The Labute approximate surface area is 348 Å². The van der Waals surface area contributed by atoms with Crippen molar-refractivity contribution in [1.82, 2.24) is 20.1 Å². The van der Waals surface area contributed by atoms with Crippen molar-refractivity contribution < 1.29 is 29.9 Å². The SMILES string of the molecule is Oc1ccc2c3c1O[C@H]1c4[nH]c5c(NC(=S)N[C@@H]6CC[C@@]7(O)[C@H]8Cc9ccc(O)c%10c9[C@@]7(CCN8CC7CC7)[C@H]6O%10)cccc5c4C[C@@]4(O)[C@H](C2)N(CC2CC2)CC[C@]314. The van der Waals surface area contributed by atoms with E-state index < -0.39 is 34.2 Å². The highest BCUT2D eigenvalue weighted by molar-refractivity contribution is 7.80. The Bertz CT molecular complexity index is 2550. The number of likely N-dealkylation sites (tertiary alicyclic amines) is 2. The van der Waals surface area contributed by atoms with E-state index >= 15 is 0 Å². The van der Waals surface area contributed by atoms with Gasteiger partial charge in [0.25, 0.3) is 0 Å². The Morgan fingerprint density at radius 3 is 2.12 bits per heavy atom. The molecule has 2 saturated heterocycles. The lowest BCUT2D eigenvalue weighted by molar-refractivity contribution is -0.190. The predicted octanol–water partition coefficient (Wildman–Crippen LogP) is 5.20. The number of aromatic nitrogens is 1. The number of hydrogen-bond acceptors (Lipinski definition) is 9. The molecule has 10 aliphatic rings. The van der Waals surface area contributed by atoms with Crippen LogP contribution >= 0.6 is 12.2 Å². The van der Waals surface area contributed by atoms with Crippen LogP contribution in [0.2, 0.25) is 0 Å². The summed E-state index contributed by atoms with van der Waals surface area (Å²) in [6.45, 7) is 3.87. The van der Waals surface area contributed by atoms with E-state index in [4.69, 9.17) is 21.7 Å². The van der Waals surface area contributed by atoms with Crippen LogP contribution in [0.4, 0.5) is 5.69 Å². The molecule has 0 unspecified atom stereocenters. The molecule has 0 radical (unpaired) electrons. The Kier molecular flexibility index (Phi) is 6.60. The van der Waals surface area contributed by atoms with Crippen LogP contribution in [0.5, 0.6) is 23.0 Å². The largest absolute Gasteiger partial charge is 0.504 e. The summed E-state index contributed by atoms with van der Waals surface area (Å²) in [4.78, 5) is 8.94. The molecule has 5 heterocycles. The summed E-state index contributed by atoms with van der Waals surface area (Å²) in [5, 5.41) is 57.4. The van der Waals surface area contributed by atoms with Crippen molar-refractivity contribution in [3.05, 3.63) is 76.0 Å². The van der Waals surface area contributed by atoms with E-state index in [1.807, 2.05) is 12.1 Å². The van der Waals surface area contributed by atoms with Gasteiger partial charge in [-0.15, -0.1) is 0 Å². The van der Waals surface area contributed by atoms with Gasteiger partial charge in [0.1, 0.15) is 6.10 Å². The number of phenols is 2. The predicted molar refractivity (Wildman–Crippen MR) is 224 cm³/mol. The first-order chi connectivity index (χ1) is 28.6. The summed E-state index contributed by atoms with van der Waals surface area (Å²) in [7, 11) is 0. The Morgan fingerprint density at radius 1 is 0.780 bits per heavy atom. The van der Waals surface area contributed by atoms with Crippen molar-refractivity contribution in [1.29, 1.82) is 0 Å². The number of phenolic OH excluding ortho intramolecular Hbond substituents is 2. The highest BCUT2D eigenvalue weighted by atomic mass is 32.1. The molecule has 1 aromatic heterocycles. The number of thiocarbonyl (C=S) groups is 1.